The van der Waals surface area contributed by atoms with E-state index in [-0.39, 0.29) is 5.56 Å². The smallest absolute Gasteiger partial charge is 0.339 e. The largest absolute Gasteiger partial charge is 0.465 e. The van der Waals surface area contributed by atoms with Crippen LogP contribution in [0.3, 0.4) is 0 Å². The molecular weight excluding hydrogens is 285 g/mol. The molecular formula is C13H18FNO4S. The van der Waals surface area contributed by atoms with E-state index in [0.29, 0.717) is 6.42 Å². The zero-order valence-corrected chi connectivity index (χ0v) is 12.7. The summed E-state index contributed by atoms with van der Waals surface area (Å²) < 4.78 is 44.9. The van der Waals surface area contributed by atoms with Gasteiger partial charge >= 0.3 is 5.97 Å². The van der Waals surface area contributed by atoms with Gasteiger partial charge in [0, 0.05) is 5.54 Å². The standard InChI is InChI=1S/C13H18FNO4S/c1-5-13(2,3)15-20(17,18)11-8-9(14)6-7-10(11)12(16)19-4/h6-8,15H,5H2,1-4H3. The molecule has 0 saturated carbocycles. The van der Waals surface area contributed by atoms with Crippen LogP contribution < -0.4 is 4.72 Å². The van der Waals surface area contributed by atoms with E-state index in [0.717, 1.165) is 25.3 Å². The van der Waals surface area contributed by atoms with Crippen LogP contribution in [0, 0.1) is 5.82 Å². The van der Waals surface area contributed by atoms with Gasteiger partial charge in [-0.05, 0) is 38.5 Å². The molecule has 1 N–H and O–H groups in total. The number of ether oxygens (including phenoxy) is 1. The quantitative estimate of drug-likeness (QED) is 0.845. The second-order valence-electron chi connectivity index (χ2n) is 4.97. The van der Waals surface area contributed by atoms with Crippen LogP contribution in [0.15, 0.2) is 23.1 Å². The fraction of sp³-hybridized carbons (Fsp3) is 0.462. The summed E-state index contributed by atoms with van der Waals surface area (Å²) in [4.78, 5) is 11.2. The van der Waals surface area contributed by atoms with Crippen molar-refractivity contribution in [2.24, 2.45) is 0 Å². The third-order valence-electron chi connectivity index (χ3n) is 2.93. The molecule has 112 valence electrons. The van der Waals surface area contributed by atoms with Gasteiger partial charge in [0.05, 0.1) is 17.6 Å². The van der Waals surface area contributed by atoms with Crippen LogP contribution in [-0.4, -0.2) is 27.0 Å². The van der Waals surface area contributed by atoms with Gasteiger partial charge in [0.1, 0.15) is 5.82 Å². The first-order valence-electron chi connectivity index (χ1n) is 6.05. The van der Waals surface area contributed by atoms with Crippen LogP contribution in [-0.2, 0) is 14.8 Å². The zero-order chi connectivity index (χ0) is 15.6. The van der Waals surface area contributed by atoms with Crippen molar-refractivity contribution in [3.63, 3.8) is 0 Å². The fourth-order valence-electron chi connectivity index (χ4n) is 1.49. The molecule has 0 unspecified atom stereocenters. The Labute approximate surface area is 118 Å². The van der Waals surface area contributed by atoms with Gasteiger partial charge < -0.3 is 4.74 Å². The van der Waals surface area contributed by atoms with Crippen molar-refractivity contribution in [1.29, 1.82) is 0 Å². The van der Waals surface area contributed by atoms with Gasteiger partial charge in [0.25, 0.3) is 0 Å². The van der Waals surface area contributed by atoms with E-state index in [1.807, 2.05) is 6.92 Å². The van der Waals surface area contributed by atoms with E-state index in [1.54, 1.807) is 13.8 Å². The summed E-state index contributed by atoms with van der Waals surface area (Å²) >= 11 is 0. The average molecular weight is 303 g/mol. The summed E-state index contributed by atoms with van der Waals surface area (Å²) in [5.41, 5.74) is -0.910. The Kier molecular flexibility index (Phi) is 4.88. The fourth-order valence-corrected chi connectivity index (χ4v) is 3.18. The third-order valence-corrected chi connectivity index (χ3v) is 4.67. The molecule has 7 heteroatoms. The molecule has 1 aromatic carbocycles. The summed E-state index contributed by atoms with van der Waals surface area (Å²) in [5, 5.41) is 0. The number of esters is 1. The first-order valence-corrected chi connectivity index (χ1v) is 7.53. The van der Waals surface area contributed by atoms with Crippen molar-refractivity contribution in [3.05, 3.63) is 29.6 Å². The second-order valence-corrected chi connectivity index (χ2v) is 6.63. The number of methoxy groups -OCH3 is 1. The summed E-state index contributed by atoms with van der Waals surface area (Å²) in [6.45, 7) is 5.21. The normalized spacial score (nSPS) is 12.2. The van der Waals surface area contributed by atoms with Gasteiger partial charge in [-0.3, -0.25) is 0 Å². The van der Waals surface area contributed by atoms with Crippen LogP contribution in [0.2, 0.25) is 0 Å². The highest BCUT2D eigenvalue weighted by Gasteiger charge is 2.29. The Hall–Kier alpha value is -1.47. The lowest BCUT2D eigenvalue weighted by molar-refractivity contribution is 0.0596. The SMILES string of the molecule is CCC(C)(C)NS(=O)(=O)c1cc(F)ccc1C(=O)OC. The van der Waals surface area contributed by atoms with Crippen LogP contribution in [0.4, 0.5) is 4.39 Å². The summed E-state index contributed by atoms with van der Waals surface area (Å²) in [6.07, 6.45) is 0.537. The highest BCUT2D eigenvalue weighted by Crippen LogP contribution is 2.21. The predicted octanol–water partition coefficient (Wildman–Crippen LogP) is 2.08. The monoisotopic (exact) mass is 303 g/mol. The number of hydrogen-bond donors (Lipinski definition) is 1. The molecule has 5 nitrogen and oxygen atoms in total. The Bertz CT molecular complexity index is 611. The first kappa shape index (κ1) is 16.6. The lowest BCUT2D eigenvalue weighted by atomic mass is 10.0. The van der Waals surface area contributed by atoms with E-state index in [1.165, 1.54) is 0 Å². The molecule has 0 aliphatic carbocycles. The maximum absolute atomic E-state index is 13.3. The van der Waals surface area contributed by atoms with Gasteiger partial charge in [-0.15, -0.1) is 0 Å². The number of carbonyl (C=O) groups excluding carboxylic acids is 1. The van der Waals surface area contributed by atoms with E-state index in [4.69, 9.17) is 0 Å². The molecule has 0 aliphatic heterocycles. The first-order chi connectivity index (χ1) is 9.13. The van der Waals surface area contributed by atoms with Gasteiger partial charge in [-0.2, -0.15) is 0 Å². The van der Waals surface area contributed by atoms with Crippen molar-refractivity contribution >= 4 is 16.0 Å². The summed E-state index contributed by atoms with van der Waals surface area (Å²) in [6, 6.07) is 2.91. The summed E-state index contributed by atoms with van der Waals surface area (Å²) in [7, 11) is -2.90. The highest BCUT2D eigenvalue weighted by molar-refractivity contribution is 7.89. The molecule has 20 heavy (non-hydrogen) atoms. The van der Waals surface area contributed by atoms with Gasteiger partial charge in [-0.1, -0.05) is 6.92 Å². The molecule has 0 heterocycles. The van der Waals surface area contributed by atoms with E-state index < -0.39 is 32.2 Å². The van der Waals surface area contributed by atoms with Crippen LogP contribution in [0.25, 0.3) is 0 Å². The topological polar surface area (TPSA) is 72.5 Å². The minimum absolute atomic E-state index is 0.201. The maximum atomic E-state index is 13.3. The number of halogens is 1. The summed E-state index contributed by atoms with van der Waals surface area (Å²) in [5.74, 6) is -1.58. The van der Waals surface area contributed by atoms with Gasteiger partial charge in [-0.25, -0.2) is 22.3 Å². The number of rotatable bonds is 5. The average Bonchev–Trinajstić information content (AvgIpc) is 2.36. The molecule has 0 radical (unpaired) electrons. The molecule has 1 rings (SSSR count). The molecule has 0 atom stereocenters. The third kappa shape index (κ3) is 3.77. The van der Waals surface area contributed by atoms with Gasteiger partial charge in [0.15, 0.2) is 0 Å². The number of nitrogens with one attached hydrogen (secondary N) is 1. The van der Waals surface area contributed by atoms with E-state index in [2.05, 4.69) is 9.46 Å². The maximum Gasteiger partial charge on any atom is 0.339 e. The van der Waals surface area contributed by atoms with Gasteiger partial charge in [0.2, 0.25) is 10.0 Å². The Balaban J connectivity index is 3.37. The van der Waals surface area contributed by atoms with Crippen LogP contribution >= 0.6 is 0 Å². The van der Waals surface area contributed by atoms with Crippen molar-refractivity contribution in [3.8, 4) is 0 Å². The molecule has 0 bridgehead atoms. The Morgan fingerprint density at radius 1 is 1.40 bits per heavy atom. The molecule has 0 saturated heterocycles. The molecule has 1 aromatic rings. The molecule has 0 fully saturated rings. The minimum atomic E-state index is -4.03. The molecule has 0 amide bonds. The van der Waals surface area contributed by atoms with Crippen molar-refractivity contribution in [2.45, 2.75) is 37.6 Å². The lowest BCUT2D eigenvalue weighted by Gasteiger charge is -2.24. The number of carbonyl (C=O) groups is 1. The second kappa shape index (κ2) is 5.88. The number of benzene rings is 1. The van der Waals surface area contributed by atoms with Crippen molar-refractivity contribution in [1.82, 2.24) is 4.72 Å². The van der Waals surface area contributed by atoms with E-state index >= 15 is 0 Å². The van der Waals surface area contributed by atoms with Crippen molar-refractivity contribution in [2.75, 3.05) is 7.11 Å². The lowest BCUT2D eigenvalue weighted by Crippen LogP contribution is -2.43. The zero-order valence-electron chi connectivity index (χ0n) is 11.9. The van der Waals surface area contributed by atoms with E-state index in [9.17, 15) is 17.6 Å². The number of sulfonamides is 1. The predicted molar refractivity (Wildman–Crippen MR) is 72.4 cm³/mol. The highest BCUT2D eigenvalue weighted by atomic mass is 32.2. The number of hydrogen-bond acceptors (Lipinski definition) is 4. The molecule has 0 aliphatic rings. The van der Waals surface area contributed by atoms with Crippen LogP contribution in [0.5, 0.6) is 0 Å². The molecule has 0 aromatic heterocycles. The Morgan fingerprint density at radius 2 is 2.00 bits per heavy atom. The minimum Gasteiger partial charge on any atom is -0.465 e. The van der Waals surface area contributed by atoms with Crippen molar-refractivity contribution < 1.29 is 22.3 Å². The van der Waals surface area contributed by atoms with Crippen LogP contribution in [0.1, 0.15) is 37.6 Å². The Morgan fingerprint density at radius 3 is 2.50 bits per heavy atom. The molecule has 0 spiro atoms.